The Labute approximate surface area is 111 Å². The van der Waals surface area contributed by atoms with Crippen LogP contribution >= 0.6 is 0 Å². The maximum absolute atomic E-state index is 11.1. The van der Waals surface area contributed by atoms with E-state index in [9.17, 15) is 15.0 Å². The van der Waals surface area contributed by atoms with E-state index in [0.717, 1.165) is 0 Å². The molecule has 5 atom stereocenters. The number of ether oxygens (including phenoxy) is 3. The highest BCUT2D eigenvalue weighted by Crippen LogP contribution is 2.37. The van der Waals surface area contributed by atoms with Gasteiger partial charge in [0, 0.05) is 6.92 Å². The van der Waals surface area contributed by atoms with Gasteiger partial charge in [-0.2, -0.15) is 0 Å². The molecule has 0 aliphatic carbocycles. The summed E-state index contributed by atoms with van der Waals surface area (Å²) >= 11 is 0. The van der Waals surface area contributed by atoms with E-state index in [2.05, 4.69) is 5.32 Å². The van der Waals surface area contributed by atoms with Crippen LogP contribution in [0.1, 0.15) is 20.8 Å². The third-order valence-electron chi connectivity index (χ3n) is 3.40. The van der Waals surface area contributed by atoms with Crippen LogP contribution in [0.2, 0.25) is 0 Å². The van der Waals surface area contributed by atoms with Gasteiger partial charge in [0.15, 0.2) is 6.29 Å². The second-order valence-corrected chi connectivity index (χ2v) is 5.38. The lowest BCUT2D eigenvalue weighted by Crippen LogP contribution is -2.66. The number of hydrogen-bond acceptors (Lipinski definition) is 6. The fourth-order valence-corrected chi connectivity index (χ4v) is 2.38. The van der Waals surface area contributed by atoms with Crippen molar-refractivity contribution < 1.29 is 29.2 Å². The number of amides is 1. The quantitative estimate of drug-likeness (QED) is 0.594. The zero-order valence-electron chi connectivity index (χ0n) is 11.3. The lowest BCUT2D eigenvalue weighted by molar-refractivity contribution is -0.239. The topological polar surface area (TPSA) is 97.3 Å². The first kappa shape index (κ1) is 14.7. The van der Waals surface area contributed by atoms with E-state index in [1.165, 1.54) is 6.92 Å². The Morgan fingerprint density at radius 1 is 1.53 bits per heavy atom. The van der Waals surface area contributed by atoms with Gasteiger partial charge in [0.05, 0.1) is 19.3 Å². The smallest absolute Gasteiger partial charge is 0.217 e. The van der Waals surface area contributed by atoms with E-state index in [0.29, 0.717) is 0 Å². The number of fused-ring (bicyclic) bond motifs is 2. The number of hydrogen-bond donors (Lipinski definition) is 3. The van der Waals surface area contributed by atoms with Crippen LogP contribution in [0, 0.1) is 0 Å². The average Bonchev–Trinajstić information content (AvgIpc) is 2.73. The normalized spacial score (nSPS) is 41.6. The highest BCUT2D eigenvalue weighted by molar-refractivity contribution is 5.73. The van der Waals surface area contributed by atoms with Crippen molar-refractivity contribution in [1.82, 2.24) is 5.32 Å². The molecule has 0 aromatic carbocycles. The summed E-state index contributed by atoms with van der Waals surface area (Å²) in [7, 11) is 0. The first-order valence-corrected chi connectivity index (χ1v) is 6.40. The van der Waals surface area contributed by atoms with Crippen molar-refractivity contribution in [3.8, 4) is 0 Å². The van der Waals surface area contributed by atoms with Gasteiger partial charge in [0.2, 0.25) is 5.91 Å². The van der Waals surface area contributed by atoms with Crippen molar-refractivity contribution in [2.24, 2.45) is 0 Å². The van der Waals surface area contributed by atoms with Gasteiger partial charge in [-0.15, -0.1) is 0 Å². The molecule has 3 N–H and O–H groups in total. The Kier molecular flexibility index (Phi) is 4.12. The van der Waals surface area contributed by atoms with Gasteiger partial charge < -0.3 is 29.7 Å². The fraction of sp³-hybridized carbons (Fsp3) is 0.917. The predicted octanol–water partition coefficient (Wildman–Crippen LogP) is -1.24. The molecule has 0 aromatic rings. The van der Waals surface area contributed by atoms with Crippen molar-refractivity contribution in [3.05, 3.63) is 0 Å². The first-order chi connectivity index (χ1) is 8.85. The zero-order valence-corrected chi connectivity index (χ0v) is 11.3. The summed E-state index contributed by atoms with van der Waals surface area (Å²) in [6.07, 6.45) is -3.12. The monoisotopic (exact) mass is 275 g/mol. The van der Waals surface area contributed by atoms with Crippen LogP contribution in [0.5, 0.6) is 0 Å². The molecule has 2 bridgehead atoms. The second kappa shape index (κ2) is 5.34. The molecule has 0 unspecified atom stereocenters. The molecule has 0 radical (unpaired) electrons. The third-order valence-corrected chi connectivity index (χ3v) is 3.40. The molecule has 2 heterocycles. The number of nitrogens with one attached hydrogen (secondary N) is 1. The molecule has 2 rings (SSSR count). The molecule has 2 aliphatic heterocycles. The minimum absolute atomic E-state index is 0.0190. The van der Waals surface area contributed by atoms with Crippen LogP contribution in [0.15, 0.2) is 0 Å². The molecule has 0 spiro atoms. The summed E-state index contributed by atoms with van der Waals surface area (Å²) in [5.41, 5.74) is -1.07. The summed E-state index contributed by atoms with van der Waals surface area (Å²) in [5.74, 6) is -0.318. The van der Waals surface area contributed by atoms with Gasteiger partial charge in [-0.3, -0.25) is 4.79 Å². The molecule has 19 heavy (non-hydrogen) atoms. The molecule has 7 heteroatoms. The van der Waals surface area contributed by atoms with Gasteiger partial charge in [-0.25, -0.2) is 0 Å². The Bertz CT molecular complexity index is 349. The van der Waals surface area contributed by atoms with Gasteiger partial charge in [0.25, 0.3) is 0 Å². The number of aliphatic hydroxyl groups is 2. The largest absolute Gasteiger partial charge is 0.388 e. The van der Waals surface area contributed by atoms with Crippen molar-refractivity contribution in [2.75, 3.05) is 13.2 Å². The number of carbonyl (C=O) groups is 1. The van der Waals surface area contributed by atoms with Crippen LogP contribution in [-0.2, 0) is 19.0 Å². The minimum Gasteiger partial charge on any atom is -0.388 e. The molecule has 7 nitrogen and oxygen atoms in total. The molecule has 2 saturated heterocycles. The molecular weight excluding hydrogens is 254 g/mol. The van der Waals surface area contributed by atoms with Gasteiger partial charge >= 0.3 is 0 Å². The Morgan fingerprint density at radius 3 is 2.79 bits per heavy atom. The summed E-state index contributed by atoms with van der Waals surface area (Å²) < 4.78 is 16.6. The second-order valence-electron chi connectivity index (χ2n) is 5.38. The van der Waals surface area contributed by atoms with Crippen LogP contribution in [-0.4, -0.2) is 65.6 Å². The van der Waals surface area contributed by atoms with Gasteiger partial charge in [-0.05, 0) is 13.8 Å². The van der Waals surface area contributed by atoms with Crippen LogP contribution in [0.25, 0.3) is 0 Å². The molecular formula is C12H21NO6. The molecule has 1 amide bonds. The lowest BCUT2D eigenvalue weighted by atomic mass is 9.88. The van der Waals surface area contributed by atoms with Crippen molar-refractivity contribution in [3.63, 3.8) is 0 Å². The van der Waals surface area contributed by atoms with Crippen molar-refractivity contribution >= 4 is 5.91 Å². The minimum atomic E-state index is -1.18. The summed E-state index contributed by atoms with van der Waals surface area (Å²) in [6.45, 7) is 5.33. The zero-order chi connectivity index (χ0) is 14.2. The third kappa shape index (κ3) is 2.75. The summed E-state index contributed by atoms with van der Waals surface area (Å²) in [5, 5.41) is 22.9. The van der Waals surface area contributed by atoms with Crippen LogP contribution in [0.3, 0.4) is 0 Å². The number of rotatable bonds is 4. The fourth-order valence-electron chi connectivity index (χ4n) is 2.38. The maximum Gasteiger partial charge on any atom is 0.217 e. The number of aliphatic hydroxyl groups excluding tert-OH is 2. The summed E-state index contributed by atoms with van der Waals surface area (Å²) in [4.78, 5) is 11.1. The highest BCUT2D eigenvalue weighted by Gasteiger charge is 2.59. The van der Waals surface area contributed by atoms with Crippen LogP contribution < -0.4 is 5.32 Å². The van der Waals surface area contributed by atoms with E-state index in [1.54, 1.807) is 0 Å². The number of carbonyl (C=O) groups excluding carboxylic acids is 1. The Hall–Kier alpha value is -0.730. The van der Waals surface area contributed by atoms with Gasteiger partial charge in [0.1, 0.15) is 23.9 Å². The van der Waals surface area contributed by atoms with Crippen molar-refractivity contribution in [1.29, 1.82) is 0 Å². The average molecular weight is 275 g/mol. The highest BCUT2D eigenvalue weighted by atomic mass is 16.7. The molecule has 2 aliphatic rings. The SMILES string of the molecule is CC(=O)N[C@H]1[C@H]2OC[C@](COC(C)C)(O2)[C@H](O)[C@@H]1O. The van der Waals surface area contributed by atoms with Crippen LogP contribution in [0.4, 0.5) is 0 Å². The Morgan fingerprint density at radius 2 is 2.21 bits per heavy atom. The van der Waals surface area contributed by atoms with E-state index >= 15 is 0 Å². The molecule has 110 valence electrons. The molecule has 0 saturated carbocycles. The van der Waals surface area contributed by atoms with E-state index in [4.69, 9.17) is 14.2 Å². The lowest BCUT2D eigenvalue weighted by Gasteiger charge is -2.42. The molecule has 2 fully saturated rings. The van der Waals surface area contributed by atoms with Gasteiger partial charge in [-0.1, -0.05) is 0 Å². The first-order valence-electron chi connectivity index (χ1n) is 6.40. The molecule has 0 aromatic heterocycles. The van der Waals surface area contributed by atoms with E-state index < -0.39 is 30.1 Å². The predicted molar refractivity (Wildman–Crippen MR) is 64.3 cm³/mol. The summed E-state index contributed by atoms with van der Waals surface area (Å²) in [6, 6.07) is -0.776. The standard InChI is InChI=1S/C12H21NO6/c1-6(2)17-4-12-5-18-11(19-12)8(13-7(3)14)9(15)10(12)16/h6,8-11,15-16H,4-5H2,1-3H3,(H,13,14)/t8-,9-,10-,11+,12+/m1/s1. The Balaban J connectivity index is 2.10. The van der Waals surface area contributed by atoms with Crippen molar-refractivity contribution in [2.45, 2.75) is 57.0 Å². The van der Waals surface area contributed by atoms with E-state index in [-0.39, 0.29) is 25.2 Å². The maximum atomic E-state index is 11.1. The van der Waals surface area contributed by atoms with E-state index in [1.807, 2.05) is 13.8 Å².